The molecule has 0 aliphatic carbocycles. The number of amides is 2. The van der Waals surface area contributed by atoms with Gasteiger partial charge in [0.1, 0.15) is 5.75 Å². The number of hydrogen-bond donors (Lipinski definition) is 2. The highest BCUT2D eigenvalue weighted by molar-refractivity contribution is 5.89. The Morgan fingerprint density at radius 3 is 2.43 bits per heavy atom. The van der Waals surface area contributed by atoms with Crippen LogP contribution < -0.4 is 15.4 Å². The molecule has 1 aliphatic heterocycles. The molecule has 1 aromatic heterocycles. The summed E-state index contributed by atoms with van der Waals surface area (Å²) in [6, 6.07) is 9.66. The summed E-state index contributed by atoms with van der Waals surface area (Å²) in [4.78, 5) is 18.6. The summed E-state index contributed by atoms with van der Waals surface area (Å²) >= 11 is 0. The second-order valence-electron chi connectivity index (χ2n) is 6.94. The zero-order valence-corrected chi connectivity index (χ0v) is 15.7. The molecule has 2 aromatic rings. The van der Waals surface area contributed by atoms with Crippen molar-refractivity contribution in [2.45, 2.75) is 38.5 Å². The number of urea groups is 1. The summed E-state index contributed by atoms with van der Waals surface area (Å²) in [5, 5.41) is 5.68. The van der Waals surface area contributed by atoms with Crippen LogP contribution in [0, 0.1) is 0 Å². The van der Waals surface area contributed by atoms with Crippen molar-refractivity contribution in [2.24, 2.45) is 0 Å². The van der Waals surface area contributed by atoms with Crippen molar-refractivity contribution in [1.82, 2.24) is 15.2 Å². The molecule has 0 bridgehead atoms. The lowest BCUT2D eigenvalue weighted by atomic mass is 10.0. The largest absolute Gasteiger partial charge is 0.433 e. The number of benzene rings is 1. The predicted octanol–water partition coefficient (Wildman–Crippen LogP) is 3.86. The number of piperidine rings is 1. The molecule has 0 unspecified atom stereocenters. The van der Waals surface area contributed by atoms with Gasteiger partial charge in [-0.2, -0.15) is 8.78 Å². The molecule has 150 valence electrons. The molecule has 0 saturated carbocycles. The minimum Gasteiger partial charge on any atom is -0.433 e. The molecule has 3 rings (SSSR count). The molecule has 0 atom stereocenters. The summed E-state index contributed by atoms with van der Waals surface area (Å²) in [6.07, 6.45) is 2.09. The van der Waals surface area contributed by atoms with E-state index in [1.807, 2.05) is 12.1 Å². The van der Waals surface area contributed by atoms with Gasteiger partial charge in [0.25, 0.3) is 0 Å². The standard InChI is InChI=1S/C20H24F2N4O2/c1-20(21,22)28-18-4-2-16(3-5-18)24-19(27)25-17-8-12-26(13-9-17)14-15-6-10-23-11-7-15/h2-7,10-11,17H,8-9,12-14H2,1H3,(H2,24,25,27). The van der Waals surface area contributed by atoms with Crippen LogP contribution in [0.3, 0.4) is 0 Å². The number of halogens is 2. The molecule has 2 N–H and O–H groups in total. The summed E-state index contributed by atoms with van der Waals surface area (Å²) in [5.41, 5.74) is 1.74. The molecule has 0 radical (unpaired) electrons. The minimum atomic E-state index is -3.24. The van der Waals surface area contributed by atoms with Crippen LogP contribution in [0.25, 0.3) is 0 Å². The average molecular weight is 390 g/mol. The van der Waals surface area contributed by atoms with E-state index in [4.69, 9.17) is 0 Å². The zero-order valence-electron chi connectivity index (χ0n) is 15.7. The van der Waals surface area contributed by atoms with E-state index in [0.717, 1.165) is 32.5 Å². The van der Waals surface area contributed by atoms with E-state index in [0.29, 0.717) is 12.6 Å². The number of carbonyl (C=O) groups is 1. The Bertz CT molecular complexity index is 758. The van der Waals surface area contributed by atoms with E-state index in [1.165, 1.54) is 29.8 Å². The topological polar surface area (TPSA) is 66.5 Å². The molecule has 1 saturated heterocycles. The van der Waals surface area contributed by atoms with Crippen LogP contribution >= 0.6 is 0 Å². The maximum absolute atomic E-state index is 12.8. The van der Waals surface area contributed by atoms with E-state index in [-0.39, 0.29) is 17.8 Å². The Balaban J connectivity index is 1.41. The molecule has 2 amide bonds. The third kappa shape index (κ3) is 6.45. The SMILES string of the molecule is CC(F)(F)Oc1ccc(NC(=O)NC2CCN(Cc3ccncc3)CC2)cc1. The first-order valence-electron chi connectivity index (χ1n) is 9.23. The lowest BCUT2D eigenvalue weighted by molar-refractivity contribution is -0.158. The number of anilines is 1. The predicted molar refractivity (Wildman–Crippen MR) is 102 cm³/mol. The van der Waals surface area contributed by atoms with E-state index >= 15 is 0 Å². The third-order valence-corrected chi connectivity index (χ3v) is 4.49. The van der Waals surface area contributed by atoms with Gasteiger partial charge in [-0.15, -0.1) is 0 Å². The molecule has 1 aromatic carbocycles. The number of ether oxygens (including phenoxy) is 1. The fraction of sp³-hybridized carbons (Fsp3) is 0.400. The van der Waals surface area contributed by atoms with Crippen LogP contribution in [0.1, 0.15) is 25.3 Å². The molecule has 0 spiro atoms. The Hall–Kier alpha value is -2.74. The second-order valence-corrected chi connectivity index (χ2v) is 6.94. The maximum atomic E-state index is 12.8. The van der Waals surface area contributed by atoms with Crippen LogP contribution in [-0.2, 0) is 6.54 Å². The second kappa shape index (κ2) is 8.97. The Morgan fingerprint density at radius 1 is 1.18 bits per heavy atom. The first-order valence-corrected chi connectivity index (χ1v) is 9.23. The first kappa shape index (κ1) is 20.0. The molecular formula is C20H24F2N4O2. The van der Waals surface area contributed by atoms with Crippen molar-refractivity contribution < 1.29 is 18.3 Å². The highest BCUT2D eigenvalue weighted by Crippen LogP contribution is 2.22. The zero-order chi connectivity index (χ0) is 20.0. The third-order valence-electron chi connectivity index (χ3n) is 4.49. The highest BCUT2D eigenvalue weighted by Gasteiger charge is 2.23. The Labute approximate surface area is 162 Å². The first-order chi connectivity index (χ1) is 13.4. The van der Waals surface area contributed by atoms with Gasteiger partial charge in [0.05, 0.1) is 0 Å². The molecule has 2 heterocycles. The van der Waals surface area contributed by atoms with E-state index in [2.05, 4.69) is 25.3 Å². The van der Waals surface area contributed by atoms with Crippen LogP contribution in [0.15, 0.2) is 48.8 Å². The maximum Gasteiger partial charge on any atom is 0.394 e. The van der Waals surface area contributed by atoms with Gasteiger partial charge in [0.15, 0.2) is 0 Å². The van der Waals surface area contributed by atoms with Gasteiger partial charge in [0, 0.05) is 50.7 Å². The molecule has 1 aliphatic rings. The van der Waals surface area contributed by atoms with Crippen molar-refractivity contribution in [3.8, 4) is 5.75 Å². The van der Waals surface area contributed by atoms with Gasteiger partial charge in [-0.1, -0.05) is 0 Å². The number of pyridine rings is 1. The van der Waals surface area contributed by atoms with Gasteiger partial charge in [-0.25, -0.2) is 4.79 Å². The minimum absolute atomic E-state index is 0.0417. The van der Waals surface area contributed by atoms with Crippen molar-refractivity contribution in [1.29, 1.82) is 0 Å². The Kier molecular flexibility index (Phi) is 6.41. The van der Waals surface area contributed by atoms with Gasteiger partial charge in [-0.05, 0) is 54.8 Å². The van der Waals surface area contributed by atoms with E-state index in [1.54, 1.807) is 12.4 Å². The monoisotopic (exact) mass is 390 g/mol. The van der Waals surface area contributed by atoms with Crippen molar-refractivity contribution in [2.75, 3.05) is 18.4 Å². The molecule has 1 fully saturated rings. The highest BCUT2D eigenvalue weighted by atomic mass is 19.3. The van der Waals surface area contributed by atoms with Crippen LogP contribution in [-0.4, -0.2) is 41.2 Å². The summed E-state index contributed by atoms with van der Waals surface area (Å²) in [7, 11) is 0. The summed E-state index contributed by atoms with van der Waals surface area (Å²) < 4.78 is 30.1. The lowest BCUT2D eigenvalue weighted by Gasteiger charge is -2.32. The van der Waals surface area contributed by atoms with Gasteiger partial charge >= 0.3 is 12.1 Å². The van der Waals surface area contributed by atoms with Crippen LogP contribution in [0.4, 0.5) is 19.3 Å². The smallest absolute Gasteiger partial charge is 0.394 e. The van der Waals surface area contributed by atoms with E-state index in [9.17, 15) is 13.6 Å². The van der Waals surface area contributed by atoms with Crippen LogP contribution in [0.5, 0.6) is 5.75 Å². The number of nitrogens with zero attached hydrogens (tertiary/aromatic N) is 2. The number of likely N-dealkylation sites (tertiary alicyclic amines) is 1. The lowest BCUT2D eigenvalue weighted by Crippen LogP contribution is -2.45. The number of nitrogens with one attached hydrogen (secondary N) is 2. The number of rotatable bonds is 6. The number of hydrogen-bond acceptors (Lipinski definition) is 4. The van der Waals surface area contributed by atoms with Crippen molar-refractivity contribution >= 4 is 11.7 Å². The van der Waals surface area contributed by atoms with E-state index < -0.39 is 6.11 Å². The number of aromatic nitrogens is 1. The number of alkyl halides is 2. The molecule has 8 heteroatoms. The normalized spacial score (nSPS) is 15.8. The summed E-state index contributed by atoms with van der Waals surface area (Å²) in [5.74, 6) is 0.0417. The van der Waals surface area contributed by atoms with Crippen LogP contribution in [0.2, 0.25) is 0 Å². The molecular weight excluding hydrogens is 366 g/mol. The van der Waals surface area contributed by atoms with Gasteiger partial charge in [-0.3, -0.25) is 9.88 Å². The number of carbonyl (C=O) groups excluding carboxylic acids is 1. The fourth-order valence-electron chi connectivity index (χ4n) is 3.15. The fourth-order valence-corrected chi connectivity index (χ4v) is 3.15. The van der Waals surface area contributed by atoms with Crippen molar-refractivity contribution in [3.05, 3.63) is 54.4 Å². The molecule has 28 heavy (non-hydrogen) atoms. The average Bonchev–Trinajstić information content (AvgIpc) is 2.65. The Morgan fingerprint density at radius 2 is 1.82 bits per heavy atom. The summed E-state index contributed by atoms with van der Waals surface area (Å²) in [6.45, 7) is 3.37. The van der Waals surface area contributed by atoms with Gasteiger partial charge < -0.3 is 15.4 Å². The van der Waals surface area contributed by atoms with Crippen molar-refractivity contribution in [3.63, 3.8) is 0 Å². The van der Waals surface area contributed by atoms with Gasteiger partial charge in [0.2, 0.25) is 0 Å². The quantitative estimate of drug-likeness (QED) is 0.786. The molecule has 6 nitrogen and oxygen atoms in total.